The first kappa shape index (κ1) is 16.5. The predicted octanol–water partition coefficient (Wildman–Crippen LogP) is 4.79. The minimum Gasteiger partial charge on any atom is -0.313 e. The van der Waals surface area contributed by atoms with Crippen molar-refractivity contribution in [3.05, 3.63) is 69.3 Å². The molecule has 0 radical (unpaired) electrons. The summed E-state index contributed by atoms with van der Waals surface area (Å²) in [4.78, 5) is 0. The van der Waals surface area contributed by atoms with E-state index in [1.807, 2.05) is 0 Å². The summed E-state index contributed by atoms with van der Waals surface area (Å²) in [5.41, 5.74) is 2.88. The Morgan fingerprint density at radius 2 is 1.62 bits per heavy atom. The van der Waals surface area contributed by atoms with E-state index < -0.39 is 0 Å². The molecule has 112 valence electrons. The number of halogens is 1. The van der Waals surface area contributed by atoms with Crippen LogP contribution in [0.15, 0.2) is 54.6 Å². The molecule has 0 saturated carbocycles. The van der Waals surface area contributed by atoms with Crippen molar-refractivity contribution < 1.29 is 0 Å². The molecule has 0 bridgehead atoms. The van der Waals surface area contributed by atoms with E-state index in [4.69, 9.17) is 0 Å². The summed E-state index contributed by atoms with van der Waals surface area (Å²) in [5.74, 6) is 0. The van der Waals surface area contributed by atoms with Crippen molar-refractivity contribution in [1.82, 2.24) is 5.32 Å². The molecular formula is C19H24IN. The van der Waals surface area contributed by atoms with E-state index in [1.165, 1.54) is 14.7 Å². The summed E-state index contributed by atoms with van der Waals surface area (Å²) in [5, 5.41) is 3.68. The second-order valence-electron chi connectivity index (χ2n) is 6.03. The first-order valence-electron chi connectivity index (χ1n) is 7.57. The van der Waals surface area contributed by atoms with Gasteiger partial charge in [0.05, 0.1) is 0 Å². The molecule has 1 atom stereocenters. The minimum atomic E-state index is 0.0975. The van der Waals surface area contributed by atoms with Crippen molar-refractivity contribution in [3.63, 3.8) is 0 Å². The monoisotopic (exact) mass is 393 g/mol. The van der Waals surface area contributed by atoms with E-state index in [-0.39, 0.29) is 5.41 Å². The fraction of sp³-hybridized carbons (Fsp3) is 0.368. The van der Waals surface area contributed by atoms with E-state index in [9.17, 15) is 0 Å². The normalized spacial score (nSPS) is 13.1. The average Bonchev–Trinajstić information content (AvgIpc) is 2.50. The van der Waals surface area contributed by atoms with Crippen LogP contribution >= 0.6 is 22.6 Å². The van der Waals surface area contributed by atoms with E-state index in [0.29, 0.717) is 6.04 Å². The minimum absolute atomic E-state index is 0.0975. The van der Waals surface area contributed by atoms with Gasteiger partial charge in [-0.05, 0) is 58.8 Å². The van der Waals surface area contributed by atoms with Crippen LogP contribution in [-0.2, 0) is 11.8 Å². The second-order valence-corrected chi connectivity index (χ2v) is 7.27. The first-order chi connectivity index (χ1) is 10.0. The van der Waals surface area contributed by atoms with E-state index in [0.717, 1.165) is 13.0 Å². The number of benzene rings is 2. The topological polar surface area (TPSA) is 12.0 Å². The lowest BCUT2D eigenvalue weighted by atomic mass is 9.75. The van der Waals surface area contributed by atoms with Gasteiger partial charge >= 0.3 is 0 Å². The SMILES string of the molecule is CCNC(Cc1ccc(I)cc1)C(C)(C)c1ccccc1. The third kappa shape index (κ3) is 4.30. The Hall–Kier alpha value is -0.870. The maximum atomic E-state index is 3.68. The molecule has 2 aromatic rings. The molecule has 2 rings (SSSR count). The van der Waals surface area contributed by atoms with Crippen LogP contribution in [0.1, 0.15) is 31.9 Å². The van der Waals surface area contributed by atoms with Gasteiger partial charge in [0.1, 0.15) is 0 Å². The van der Waals surface area contributed by atoms with Gasteiger partial charge < -0.3 is 5.32 Å². The summed E-state index contributed by atoms with van der Waals surface area (Å²) in [6, 6.07) is 20.1. The fourth-order valence-corrected chi connectivity index (χ4v) is 3.11. The number of likely N-dealkylation sites (N-methyl/N-ethyl adjacent to an activating group) is 1. The Balaban J connectivity index is 2.23. The average molecular weight is 393 g/mol. The fourth-order valence-electron chi connectivity index (χ4n) is 2.75. The highest BCUT2D eigenvalue weighted by molar-refractivity contribution is 14.1. The van der Waals surface area contributed by atoms with Gasteiger partial charge in [-0.25, -0.2) is 0 Å². The third-order valence-corrected chi connectivity index (χ3v) is 4.91. The summed E-state index contributed by atoms with van der Waals surface area (Å²) < 4.78 is 1.29. The van der Waals surface area contributed by atoms with Crippen molar-refractivity contribution in [1.29, 1.82) is 0 Å². The van der Waals surface area contributed by atoms with Crippen molar-refractivity contribution in [3.8, 4) is 0 Å². The quantitative estimate of drug-likeness (QED) is 0.696. The van der Waals surface area contributed by atoms with Gasteiger partial charge in [-0.1, -0.05) is 63.2 Å². The van der Waals surface area contributed by atoms with Crippen LogP contribution in [0.2, 0.25) is 0 Å². The number of nitrogens with one attached hydrogen (secondary N) is 1. The molecule has 0 amide bonds. The van der Waals surface area contributed by atoms with Crippen LogP contribution in [-0.4, -0.2) is 12.6 Å². The van der Waals surface area contributed by atoms with Crippen molar-refractivity contribution in [2.75, 3.05) is 6.54 Å². The molecular weight excluding hydrogens is 369 g/mol. The highest BCUT2D eigenvalue weighted by Gasteiger charge is 2.30. The molecule has 1 nitrogen and oxygen atoms in total. The van der Waals surface area contributed by atoms with Gasteiger partial charge in [0.15, 0.2) is 0 Å². The summed E-state index contributed by atoms with van der Waals surface area (Å²) in [6.45, 7) is 7.85. The molecule has 0 aromatic heterocycles. The van der Waals surface area contributed by atoms with Crippen LogP contribution in [0.4, 0.5) is 0 Å². The van der Waals surface area contributed by atoms with Gasteiger partial charge in [0, 0.05) is 15.0 Å². The van der Waals surface area contributed by atoms with Gasteiger partial charge in [0.2, 0.25) is 0 Å². The molecule has 21 heavy (non-hydrogen) atoms. The molecule has 0 aliphatic carbocycles. The smallest absolute Gasteiger partial charge is 0.0199 e. The Labute approximate surface area is 142 Å². The first-order valence-corrected chi connectivity index (χ1v) is 8.65. The van der Waals surface area contributed by atoms with E-state index in [2.05, 4.69) is 103 Å². The maximum Gasteiger partial charge on any atom is 0.0199 e. The zero-order valence-corrected chi connectivity index (χ0v) is 15.2. The van der Waals surface area contributed by atoms with Crippen LogP contribution < -0.4 is 5.32 Å². The molecule has 0 saturated heterocycles. The molecule has 0 aliphatic heterocycles. The standard InChI is InChI=1S/C19H24IN/c1-4-21-18(14-15-10-12-17(20)13-11-15)19(2,3)16-8-6-5-7-9-16/h5-13,18,21H,4,14H2,1-3H3. The van der Waals surface area contributed by atoms with E-state index in [1.54, 1.807) is 0 Å². The van der Waals surface area contributed by atoms with Crippen LogP contribution in [0.5, 0.6) is 0 Å². The van der Waals surface area contributed by atoms with Gasteiger partial charge in [-0.3, -0.25) is 0 Å². The van der Waals surface area contributed by atoms with Crippen molar-refractivity contribution in [2.24, 2.45) is 0 Å². The molecule has 2 aromatic carbocycles. The Bertz CT molecular complexity index is 546. The lowest BCUT2D eigenvalue weighted by molar-refractivity contribution is 0.343. The Morgan fingerprint density at radius 3 is 2.19 bits per heavy atom. The number of hydrogen-bond acceptors (Lipinski definition) is 1. The van der Waals surface area contributed by atoms with E-state index >= 15 is 0 Å². The highest BCUT2D eigenvalue weighted by atomic mass is 127. The molecule has 0 spiro atoms. The largest absolute Gasteiger partial charge is 0.313 e. The summed E-state index contributed by atoms with van der Waals surface area (Å²) in [7, 11) is 0. The van der Waals surface area contributed by atoms with Crippen LogP contribution in [0, 0.1) is 3.57 Å². The number of rotatable bonds is 6. The zero-order chi connectivity index (χ0) is 15.3. The van der Waals surface area contributed by atoms with Crippen molar-refractivity contribution >= 4 is 22.6 Å². The summed E-state index contributed by atoms with van der Waals surface area (Å²) in [6.07, 6.45) is 1.05. The van der Waals surface area contributed by atoms with Gasteiger partial charge in [0.25, 0.3) is 0 Å². The van der Waals surface area contributed by atoms with Gasteiger partial charge in [-0.15, -0.1) is 0 Å². The third-order valence-electron chi connectivity index (χ3n) is 4.19. The zero-order valence-electron chi connectivity index (χ0n) is 13.1. The molecule has 0 aliphatic rings. The molecule has 1 N–H and O–H groups in total. The van der Waals surface area contributed by atoms with Crippen molar-refractivity contribution in [2.45, 2.75) is 38.6 Å². The maximum absolute atomic E-state index is 3.68. The Morgan fingerprint density at radius 1 is 1.00 bits per heavy atom. The second kappa shape index (κ2) is 7.41. The summed E-state index contributed by atoms with van der Waals surface area (Å²) >= 11 is 2.36. The highest BCUT2D eigenvalue weighted by Crippen LogP contribution is 2.29. The molecule has 1 unspecified atom stereocenters. The van der Waals surface area contributed by atoms with Gasteiger partial charge in [-0.2, -0.15) is 0 Å². The number of hydrogen-bond donors (Lipinski definition) is 1. The lowest BCUT2D eigenvalue weighted by Crippen LogP contribution is -2.46. The van der Waals surface area contributed by atoms with Crippen LogP contribution in [0.3, 0.4) is 0 Å². The lowest BCUT2D eigenvalue weighted by Gasteiger charge is -2.36. The predicted molar refractivity (Wildman–Crippen MR) is 99.8 cm³/mol. The molecule has 0 fully saturated rings. The molecule has 2 heteroatoms. The Kier molecular flexibility index (Phi) is 5.82. The molecule has 0 heterocycles. The van der Waals surface area contributed by atoms with Crippen LogP contribution in [0.25, 0.3) is 0 Å².